The van der Waals surface area contributed by atoms with E-state index in [0.717, 1.165) is 32.1 Å². The lowest BCUT2D eigenvalue weighted by molar-refractivity contribution is 0.102. The lowest BCUT2D eigenvalue weighted by atomic mass is 10.2. The van der Waals surface area contributed by atoms with Gasteiger partial charge in [-0.1, -0.05) is 41.6 Å². The predicted molar refractivity (Wildman–Crippen MR) is 146 cm³/mol. The number of carbonyl (C=O) groups is 1. The molecule has 0 fully saturated rings. The lowest BCUT2D eigenvalue weighted by Crippen LogP contribution is -2.13. The number of hydrogen-bond donors (Lipinski definition) is 2. The zero-order valence-electron chi connectivity index (χ0n) is 19.2. The van der Waals surface area contributed by atoms with Crippen molar-refractivity contribution in [2.24, 2.45) is 0 Å². The van der Waals surface area contributed by atoms with Gasteiger partial charge >= 0.3 is 0 Å². The number of nitrogens with one attached hydrogen (secondary N) is 2. The van der Waals surface area contributed by atoms with E-state index in [1.54, 1.807) is 37.6 Å². The molecule has 6 nitrogen and oxygen atoms in total. The molecule has 0 saturated heterocycles. The maximum absolute atomic E-state index is 13.1. The van der Waals surface area contributed by atoms with Gasteiger partial charge in [-0.25, -0.2) is 0 Å². The summed E-state index contributed by atoms with van der Waals surface area (Å²) >= 11 is 7.72. The summed E-state index contributed by atoms with van der Waals surface area (Å²) in [6.45, 7) is 0. The molecule has 2 heterocycles. The third-order valence-corrected chi connectivity index (χ3v) is 6.79. The molecular formula is C28H21ClN4O2S. The highest BCUT2D eigenvalue weighted by atomic mass is 35.5. The third kappa shape index (κ3) is 5.27. The summed E-state index contributed by atoms with van der Waals surface area (Å²) in [5.41, 5.74) is 3.78. The van der Waals surface area contributed by atoms with E-state index in [1.807, 2.05) is 66.7 Å². The Morgan fingerprint density at radius 3 is 2.69 bits per heavy atom. The molecule has 0 radical (unpaired) electrons. The van der Waals surface area contributed by atoms with Gasteiger partial charge in [-0.15, -0.1) is 0 Å². The fourth-order valence-electron chi connectivity index (χ4n) is 3.66. The molecule has 5 rings (SSSR count). The van der Waals surface area contributed by atoms with Gasteiger partial charge in [0.15, 0.2) is 0 Å². The molecule has 2 aromatic heterocycles. The topological polar surface area (TPSA) is 79.9 Å². The van der Waals surface area contributed by atoms with Gasteiger partial charge in [-0.05, 0) is 72.8 Å². The molecule has 5 aromatic rings. The maximum Gasteiger partial charge on any atom is 0.256 e. The quantitative estimate of drug-likeness (QED) is 0.241. The number of fused-ring (bicyclic) bond motifs is 1. The Morgan fingerprint density at radius 2 is 1.89 bits per heavy atom. The van der Waals surface area contributed by atoms with Crippen LogP contribution >= 0.6 is 23.4 Å². The smallest absolute Gasteiger partial charge is 0.256 e. The van der Waals surface area contributed by atoms with Gasteiger partial charge in [0.1, 0.15) is 5.75 Å². The molecule has 0 saturated carbocycles. The summed E-state index contributed by atoms with van der Waals surface area (Å²) in [5, 5.41) is 11.9. The number of anilines is 1. The van der Waals surface area contributed by atoms with Crippen LogP contribution in [0.1, 0.15) is 21.7 Å². The van der Waals surface area contributed by atoms with Crippen LogP contribution in [0.4, 0.5) is 5.69 Å². The van der Waals surface area contributed by atoms with Crippen molar-refractivity contribution in [2.75, 3.05) is 12.4 Å². The molecule has 2 N–H and O–H groups in total. The summed E-state index contributed by atoms with van der Waals surface area (Å²) in [4.78, 5) is 19.2. The molecule has 178 valence electrons. The van der Waals surface area contributed by atoms with E-state index >= 15 is 0 Å². The van der Waals surface area contributed by atoms with E-state index in [-0.39, 0.29) is 5.91 Å². The average molecular weight is 513 g/mol. The van der Waals surface area contributed by atoms with Crippen LogP contribution in [0.25, 0.3) is 23.1 Å². The van der Waals surface area contributed by atoms with E-state index in [1.165, 1.54) is 11.8 Å². The van der Waals surface area contributed by atoms with Gasteiger partial charge in [-0.2, -0.15) is 5.10 Å². The molecule has 1 amide bonds. The summed E-state index contributed by atoms with van der Waals surface area (Å²) in [5.74, 6) is 0.332. The first-order valence-electron chi connectivity index (χ1n) is 11.1. The zero-order chi connectivity index (χ0) is 24.9. The van der Waals surface area contributed by atoms with Crippen molar-refractivity contribution >= 4 is 58.0 Å². The van der Waals surface area contributed by atoms with Gasteiger partial charge in [0.25, 0.3) is 5.91 Å². The van der Waals surface area contributed by atoms with Crippen molar-refractivity contribution in [3.8, 4) is 5.75 Å². The zero-order valence-corrected chi connectivity index (χ0v) is 20.8. The molecule has 36 heavy (non-hydrogen) atoms. The number of amides is 1. The van der Waals surface area contributed by atoms with Gasteiger partial charge in [-0.3, -0.25) is 14.9 Å². The molecule has 8 heteroatoms. The largest absolute Gasteiger partial charge is 0.495 e. The van der Waals surface area contributed by atoms with E-state index in [2.05, 4.69) is 20.5 Å². The lowest BCUT2D eigenvalue weighted by Gasteiger charge is -2.11. The molecule has 0 aliphatic carbocycles. The van der Waals surface area contributed by atoms with Crippen LogP contribution in [0, 0.1) is 0 Å². The number of aromatic nitrogens is 3. The normalized spacial score (nSPS) is 11.2. The van der Waals surface area contributed by atoms with Crippen LogP contribution < -0.4 is 10.1 Å². The number of methoxy groups -OCH3 is 1. The van der Waals surface area contributed by atoms with Crippen LogP contribution in [0.2, 0.25) is 5.02 Å². The standard InChI is InChI=1S/C28H21ClN4O2S/c1-35-26-14-10-19(16-23(26)29)31-28(34)22-7-2-3-8-27(22)36-20-11-12-21-24(32-33-25(21)17-20)13-9-18-6-4-5-15-30-18/h2-17H,1H3,(H,31,34)(H,32,33)/b13-9+. The summed E-state index contributed by atoms with van der Waals surface area (Å²) in [6.07, 6.45) is 5.64. The predicted octanol–water partition coefficient (Wildman–Crippen LogP) is 7.19. The molecule has 0 atom stereocenters. The Hall–Kier alpha value is -4.07. The molecular weight excluding hydrogens is 492 g/mol. The number of ether oxygens (including phenoxy) is 1. The number of nitrogens with zero attached hydrogens (tertiary/aromatic N) is 2. The maximum atomic E-state index is 13.1. The Balaban J connectivity index is 1.35. The van der Waals surface area contributed by atoms with E-state index in [4.69, 9.17) is 16.3 Å². The minimum atomic E-state index is -0.219. The second-order valence-electron chi connectivity index (χ2n) is 7.81. The van der Waals surface area contributed by atoms with Crippen LogP contribution in [0.15, 0.2) is 94.9 Å². The number of benzene rings is 3. The molecule has 3 aromatic carbocycles. The number of rotatable bonds is 7. The molecule has 0 spiro atoms. The second-order valence-corrected chi connectivity index (χ2v) is 9.33. The van der Waals surface area contributed by atoms with E-state index in [9.17, 15) is 4.79 Å². The number of hydrogen-bond acceptors (Lipinski definition) is 5. The SMILES string of the molecule is COc1ccc(NC(=O)c2ccccc2Sc2ccc3c(/C=C/c4ccccn4)n[nH]c3c2)cc1Cl. The van der Waals surface area contributed by atoms with Gasteiger partial charge in [0.2, 0.25) is 0 Å². The summed E-state index contributed by atoms with van der Waals surface area (Å²) < 4.78 is 5.18. The highest BCUT2D eigenvalue weighted by Crippen LogP contribution is 2.34. The monoisotopic (exact) mass is 512 g/mol. The fraction of sp³-hybridized carbons (Fsp3) is 0.0357. The van der Waals surface area contributed by atoms with Crippen LogP contribution in [0.3, 0.4) is 0 Å². The van der Waals surface area contributed by atoms with Crippen LogP contribution in [-0.4, -0.2) is 28.2 Å². The first kappa shape index (κ1) is 23.7. The van der Waals surface area contributed by atoms with Crippen LogP contribution in [0.5, 0.6) is 5.75 Å². The average Bonchev–Trinajstić information content (AvgIpc) is 3.30. The molecule has 0 aliphatic heterocycles. The van der Waals surface area contributed by atoms with Gasteiger partial charge in [0.05, 0.1) is 34.6 Å². The van der Waals surface area contributed by atoms with E-state index < -0.39 is 0 Å². The first-order chi connectivity index (χ1) is 17.6. The third-order valence-electron chi connectivity index (χ3n) is 5.43. The number of aromatic amines is 1. The molecule has 0 bridgehead atoms. The van der Waals surface area contributed by atoms with Crippen molar-refractivity contribution in [3.05, 3.63) is 107 Å². The van der Waals surface area contributed by atoms with Gasteiger partial charge < -0.3 is 10.1 Å². The Bertz CT molecular complexity index is 1570. The fourth-order valence-corrected chi connectivity index (χ4v) is 4.90. The number of carbonyl (C=O) groups excluding carboxylic acids is 1. The number of H-pyrrole nitrogens is 1. The van der Waals surface area contributed by atoms with Crippen molar-refractivity contribution < 1.29 is 9.53 Å². The molecule has 0 aliphatic rings. The van der Waals surface area contributed by atoms with Crippen molar-refractivity contribution in [3.63, 3.8) is 0 Å². The minimum absolute atomic E-state index is 0.219. The Morgan fingerprint density at radius 1 is 1.03 bits per heavy atom. The first-order valence-corrected chi connectivity index (χ1v) is 12.3. The van der Waals surface area contributed by atoms with E-state index in [0.29, 0.717) is 22.0 Å². The molecule has 0 unspecified atom stereocenters. The summed E-state index contributed by atoms with van der Waals surface area (Å²) in [7, 11) is 1.55. The van der Waals surface area contributed by atoms with Crippen LogP contribution in [-0.2, 0) is 0 Å². The Kier molecular flexibility index (Phi) is 7.02. The highest BCUT2D eigenvalue weighted by Gasteiger charge is 2.14. The van der Waals surface area contributed by atoms with Crippen molar-refractivity contribution in [1.29, 1.82) is 0 Å². The minimum Gasteiger partial charge on any atom is -0.495 e. The summed E-state index contributed by atoms with van der Waals surface area (Å²) in [6, 6.07) is 24.5. The number of halogens is 1. The second kappa shape index (κ2) is 10.7. The Labute approximate surface area is 217 Å². The van der Waals surface area contributed by atoms with Gasteiger partial charge in [0, 0.05) is 27.1 Å². The number of pyridine rings is 1. The van der Waals surface area contributed by atoms with Crippen molar-refractivity contribution in [2.45, 2.75) is 9.79 Å². The highest BCUT2D eigenvalue weighted by molar-refractivity contribution is 7.99. The van der Waals surface area contributed by atoms with Crippen molar-refractivity contribution in [1.82, 2.24) is 15.2 Å².